The van der Waals surface area contributed by atoms with E-state index in [1.54, 1.807) is 31.2 Å². The SMILES string of the molecule is CCOC(=O)c1cc(CC)sc1NC(=O)/C=C/c1ccc(S(=O)(=O)N2CCOCC2)cc1. The Bertz CT molecular complexity index is 1080. The highest BCUT2D eigenvalue weighted by molar-refractivity contribution is 7.89. The molecule has 1 aliphatic heterocycles. The Labute approximate surface area is 191 Å². The molecule has 8 nitrogen and oxygen atoms in total. The van der Waals surface area contributed by atoms with Crippen molar-refractivity contribution in [3.63, 3.8) is 0 Å². The smallest absolute Gasteiger partial charge is 0.341 e. The van der Waals surface area contributed by atoms with Crippen LogP contribution in [0.15, 0.2) is 41.3 Å². The van der Waals surface area contributed by atoms with Gasteiger partial charge >= 0.3 is 5.97 Å². The molecule has 3 rings (SSSR count). The van der Waals surface area contributed by atoms with Crippen LogP contribution in [-0.2, 0) is 30.7 Å². The van der Waals surface area contributed by atoms with Crippen LogP contribution in [-0.4, -0.2) is 57.5 Å². The number of sulfonamides is 1. The van der Waals surface area contributed by atoms with E-state index in [0.717, 1.165) is 11.3 Å². The molecule has 0 saturated carbocycles. The van der Waals surface area contributed by atoms with E-state index < -0.39 is 21.9 Å². The number of rotatable bonds is 8. The van der Waals surface area contributed by atoms with Crippen LogP contribution in [0.5, 0.6) is 0 Å². The average Bonchev–Trinajstić information content (AvgIpc) is 3.21. The van der Waals surface area contributed by atoms with Crippen molar-refractivity contribution in [3.8, 4) is 0 Å². The number of anilines is 1. The molecule has 0 bridgehead atoms. The van der Waals surface area contributed by atoms with Crippen molar-refractivity contribution in [2.45, 2.75) is 25.2 Å². The van der Waals surface area contributed by atoms with Crippen LogP contribution in [0.4, 0.5) is 5.00 Å². The van der Waals surface area contributed by atoms with Gasteiger partial charge in [-0.1, -0.05) is 19.1 Å². The number of carbonyl (C=O) groups is 2. The number of aryl methyl sites for hydroxylation is 1. The predicted molar refractivity (Wildman–Crippen MR) is 123 cm³/mol. The van der Waals surface area contributed by atoms with E-state index >= 15 is 0 Å². The maximum atomic E-state index is 12.7. The fraction of sp³-hybridized carbons (Fsp3) is 0.364. The van der Waals surface area contributed by atoms with E-state index in [-0.39, 0.29) is 11.5 Å². The summed E-state index contributed by atoms with van der Waals surface area (Å²) in [6, 6.07) is 8.06. The van der Waals surface area contributed by atoms with Crippen molar-refractivity contribution in [3.05, 3.63) is 52.4 Å². The molecule has 1 fully saturated rings. The molecule has 1 aliphatic rings. The molecule has 0 atom stereocenters. The van der Waals surface area contributed by atoms with Gasteiger partial charge in [0.05, 0.1) is 30.3 Å². The van der Waals surface area contributed by atoms with Gasteiger partial charge < -0.3 is 14.8 Å². The van der Waals surface area contributed by atoms with Gasteiger partial charge in [0.1, 0.15) is 5.00 Å². The monoisotopic (exact) mass is 478 g/mol. The lowest BCUT2D eigenvalue weighted by Gasteiger charge is -2.26. The second-order valence-corrected chi connectivity index (χ2v) is 10.0. The number of nitrogens with zero attached hydrogens (tertiary/aromatic N) is 1. The van der Waals surface area contributed by atoms with Crippen LogP contribution in [0.25, 0.3) is 6.08 Å². The third-order valence-electron chi connectivity index (χ3n) is 4.78. The summed E-state index contributed by atoms with van der Waals surface area (Å²) in [6.07, 6.45) is 3.66. The number of morpholine rings is 1. The largest absolute Gasteiger partial charge is 0.462 e. The number of thiophene rings is 1. The van der Waals surface area contributed by atoms with Gasteiger partial charge in [0, 0.05) is 24.0 Å². The van der Waals surface area contributed by atoms with Gasteiger partial charge in [-0.2, -0.15) is 4.31 Å². The van der Waals surface area contributed by atoms with E-state index in [1.807, 2.05) is 6.92 Å². The maximum absolute atomic E-state index is 12.7. The molecule has 32 heavy (non-hydrogen) atoms. The Morgan fingerprint density at radius 2 is 1.88 bits per heavy atom. The van der Waals surface area contributed by atoms with Crippen molar-refractivity contribution < 1.29 is 27.5 Å². The summed E-state index contributed by atoms with van der Waals surface area (Å²) in [5.74, 6) is -0.870. The Hall–Kier alpha value is -2.53. The summed E-state index contributed by atoms with van der Waals surface area (Å²) in [7, 11) is -3.56. The molecule has 1 aromatic carbocycles. The second kappa shape index (κ2) is 10.9. The summed E-state index contributed by atoms with van der Waals surface area (Å²) in [4.78, 5) is 25.7. The van der Waals surface area contributed by atoms with Gasteiger partial charge in [-0.05, 0) is 43.2 Å². The van der Waals surface area contributed by atoms with Crippen LogP contribution in [0.3, 0.4) is 0 Å². The molecule has 0 aliphatic carbocycles. The minimum atomic E-state index is -3.56. The summed E-state index contributed by atoms with van der Waals surface area (Å²) in [5, 5.41) is 3.18. The topological polar surface area (TPSA) is 102 Å². The van der Waals surface area contributed by atoms with Crippen molar-refractivity contribution in [2.24, 2.45) is 0 Å². The fourth-order valence-electron chi connectivity index (χ4n) is 3.08. The first-order valence-electron chi connectivity index (χ1n) is 10.3. The molecule has 2 heterocycles. The van der Waals surface area contributed by atoms with E-state index in [1.165, 1.54) is 33.9 Å². The summed E-state index contributed by atoms with van der Waals surface area (Å²) < 4.78 is 37.0. The molecule has 10 heteroatoms. The number of hydrogen-bond donors (Lipinski definition) is 1. The first-order valence-corrected chi connectivity index (χ1v) is 12.6. The van der Waals surface area contributed by atoms with Crippen LogP contribution < -0.4 is 5.32 Å². The van der Waals surface area contributed by atoms with Gasteiger partial charge in [0.15, 0.2) is 0 Å². The molecular weight excluding hydrogens is 452 g/mol. The Kier molecular flexibility index (Phi) is 8.19. The van der Waals surface area contributed by atoms with E-state index in [2.05, 4.69) is 5.32 Å². The first kappa shape index (κ1) is 24.1. The van der Waals surface area contributed by atoms with Gasteiger partial charge in [0.2, 0.25) is 15.9 Å². The Morgan fingerprint density at radius 3 is 2.50 bits per heavy atom. The first-order chi connectivity index (χ1) is 15.3. The lowest BCUT2D eigenvalue weighted by molar-refractivity contribution is -0.111. The highest BCUT2D eigenvalue weighted by Crippen LogP contribution is 2.29. The van der Waals surface area contributed by atoms with Crippen molar-refractivity contribution in [1.82, 2.24) is 4.31 Å². The van der Waals surface area contributed by atoms with Crippen LogP contribution in [0, 0.1) is 0 Å². The number of ether oxygens (including phenoxy) is 2. The minimum absolute atomic E-state index is 0.200. The molecule has 0 unspecified atom stereocenters. The van der Waals surface area contributed by atoms with Crippen LogP contribution in [0.2, 0.25) is 0 Å². The third kappa shape index (κ3) is 5.83. The number of amides is 1. The summed E-state index contributed by atoms with van der Waals surface area (Å²) >= 11 is 1.33. The van der Waals surface area contributed by atoms with Crippen molar-refractivity contribution in [2.75, 3.05) is 38.2 Å². The average molecular weight is 479 g/mol. The Morgan fingerprint density at radius 1 is 1.19 bits per heavy atom. The lowest BCUT2D eigenvalue weighted by atomic mass is 10.2. The number of nitrogens with one attached hydrogen (secondary N) is 1. The van der Waals surface area contributed by atoms with Gasteiger partial charge in [-0.15, -0.1) is 11.3 Å². The highest BCUT2D eigenvalue weighted by Gasteiger charge is 2.26. The predicted octanol–water partition coefficient (Wildman–Crippen LogP) is 3.16. The van der Waals surface area contributed by atoms with Gasteiger partial charge in [-0.3, -0.25) is 4.79 Å². The molecule has 1 aromatic heterocycles. The summed E-state index contributed by atoms with van der Waals surface area (Å²) in [5.41, 5.74) is 1.01. The van der Waals surface area contributed by atoms with Gasteiger partial charge in [-0.25, -0.2) is 13.2 Å². The molecule has 172 valence electrons. The quantitative estimate of drug-likeness (QED) is 0.462. The molecule has 0 spiro atoms. The molecule has 1 N–H and O–H groups in total. The van der Waals surface area contributed by atoms with Crippen molar-refractivity contribution >= 4 is 44.3 Å². The van der Waals surface area contributed by atoms with Crippen LogP contribution >= 0.6 is 11.3 Å². The number of carbonyl (C=O) groups excluding carboxylic acids is 2. The third-order valence-corrected chi connectivity index (χ3v) is 7.89. The standard InChI is InChI=1S/C22H26N2O6S2/c1-3-17-15-19(22(26)30-4-2)21(31-17)23-20(25)10-7-16-5-8-18(9-6-16)32(27,28)24-11-13-29-14-12-24/h5-10,15H,3-4,11-14H2,1-2H3,(H,23,25)/b10-7+. The van der Waals surface area contributed by atoms with Gasteiger partial charge in [0.25, 0.3) is 0 Å². The minimum Gasteiger partial charge on any atom is -0.462 e. The lowest BCUT2D eigenvalue weighted by Crippen LogP contribution is -2.40. The van der Waals surface area contributed by atoms with E-state index in [9.17, 15) is 18.0 Å². The molecular formula is C22H26N2O6S2. The number of benzene rings is 1. The molecule has 1 saturated heterocycles. The summed E-state index contributed by atoms with van der Waals surface area (Å²) in [6.45, 7) is 5.38. The normalized spacial score (nSPS) is 15.1. The zero-order valence-corrected chi connectivity index (χ0v) is 19.6. The number of esters is 1. The molecule has 1 amide bonds. The van der Waals surface area contributed by atoms with E-state index in [4.69, 9.17) is 9.47 Å². The molecule has 2 aromatic rings. The number of hydrogen-bond acceptors (Lipinski definition) is 7. The zero-order valence-electron chi connectivity index (χ0n) is 18.0. The Balaban J connectivity index is 1.67. The van der Waals surface area contributed by atoms with E-state index in [0.29, 0.717) is 42.4 Å². The van der Waals surface area contributed by atoms with Crippen LogP contribution in [0.1, 0.15) is 34.6 Å². The highest BCUT2D eigenvalue weighted by atomic mass is 32.2. The fourth-order valence-corrected chi connectivity index (χ4v) is 5.48. The molecule has 0 radical (unpaired) electrons. The second-order valence-electron chi connectivity index (χ2n) is 6.94. The zero-order chi connectivity index (χ0) is 23.1. The van der Waals surface area contributed by atoms with Crippen molar-refractivity contribution in [1.29, 1.82) is 0 Å². The maximum Gasteiger partial charge on any atom is 0.341 e.